The lowest BCUT2D eigenvalue weighted by molar-refractivity contribution is 0.0974. The number of hydrogen-bond acceptors (Lipinski definition) is 7. The summed E-state index contributed by atoms with van der Waals surface area (Å²) in [6.45, 7) is 4.08. The van der Waals surface area contributed by atoms with Crippen molar-refractivity contribution in [1.29, 1.82) is 0 Å². The first-order valence-electron chi connectivity index (χ1n) is 14.3. The van der Waals surface area contributed by atoms with Crippen molar-refractivity contribution >= 4 is 15.9 Å². The molecule has 0 atom stereocenters. The van der Waals surface area contributed by atoms with Gasteiger partial charge >= 0.3 is 10.1 Å². The number of methoxy groups -OCH3 is 2. The Bertz CT molecular complexity index is 1120. The van der Waals surface area contributed by atoms with Gasteiger partial charge < -0.3 is 18.8 Å². The van der Waals surface area contributed by atoms with E-state index < -0.39 is 21.7 Å². The largest absolute Gasteiger partial charge is 0.507 e. The van der Waals surface area contributed by atoms with E-state index in [1.807, 2.05) is 6.92 Å². The molecule has 0 amide bonds. The molecule has 2 aromatic carbocycles. The van der Waals surface area contributed by atoms with Gasteiger partial charge in [-0.1, -0.05) is 102 Å². The number of benzene rings is 2. The molecule has 0 saturated carbocycles. The monoisotopic (exact) mass is 562 g/mol. The molecule has 0 bridgehead atoms. The molecular formula is C31H46O7S. The number of carbonyl (C=O) groups is 1. The molecule has 0 aliphatic rings. The molecule has 2 rings (SSSR count). The van der Waals surface area contributed by atoms with Crippen LogP contribution in [0.2, 0.25) is 0 Å². The summed E-state index contributed by atoms with van der Waals surface area (Å²) in [6, 6.07) is 7.38. The third kappa shape index (κ3) is 10.4. The number of carbonyl (C=O) groups excluding carboxylic acids is 1. The van der Waals surface area contributed by atoms with Gasteiger partial charge in [-0.25, -0.2) is 0 Å². The Hall–Kier alpha value is -2.74. The number of phenols is 1. The summed E-state index contributed by atoms with van der Waals surface area (Å²) in [6.07, 6.45) is 15.6. The smallest absolute Gasteiger partial charge is 0.339 e. The number of hydrogen-bond donors (Lipinski definition) is 1. The standard InChI is InChI=1S/C31H46O7S/c1-5-6-7-8-9-10-11-12-13-14-15-16-17-18-26(32)29-27(33)23-28(36-3)30(37-4)31(29)38-39(34,35)25-21-19-24(2)20-22-25/h19-23,33H,5-18H2,1-4H3. The van der Waals surface area contributed by atoms with Gasteiger partial charge in [-0.15, -0.1) is 0 Å². The van der Waals surface area contributed by atoms with Crippen LogP contribution in [0.4, 0.5) is 0 Å². The van der Waals surface area contributed by atoms with Crippen LogP contribution in [0.1, 0.15) is 113 Å². The molecule has 8 heteroatoms. The number of rotatable bonds is 20. The molecule has 0 aliphatic carbocycles. The van der Waals surface area contributed by atoms with Gasteiger partial charge in [0.1, 0.15) is 16.2 Å². The lowest BCUT2D eigenvalue weighted by Crippen LogP contribution is -2.14. The van der Waals surface area contributed by atoms with E-state index in [4.69, 9.17) is 13.7 Å². The predicted molar refractivity (Wildman–Crippen MR) is 155 cm³/mol. The Balaban J connectivity index is 1.97. The number of unbranched alkanes of at least 4 members (excludes halogenated alkanes) is 12. The second-order valence-electron chi connectivity index (χ2n) is 10.1. The highest BCUT2D eigenvalue weighted by Crippen LogP contribution is 2.46. The van der Waals surface area contributed by atoms with Gasteiger partial charge in [-0.3, -0.25) is 4.79 Å². The maximum absolute atomic E-state index is 13.2. The lowest BCUT2D eigenvalue weighted by Gasteiger charge is -2.18. The summed E-state index contributed by atoms with van der Waals surface area (Å²) in [7, 11) is -1.64. The van der Waals surface area contributed by atoms with Crippen LogP contribution in [0.25, 0.3) is 0 Å². The fraction of sp³-hybridized carbons (Fsp3) is 0.581. The molecule has 0 fully saturated rings. The quantitative estimate of drug-likeness (QED) is 0.0987. The molecule has 0 heterocycles. The van der Waals surface area contributed by atoms with Crippen molar-refractivity contribution in [1.82, 2.24) is 0 Å². The maximum atomic E-state index is 13.2. The molecule has 0 unspecified atom stereocenters. The average molecular weight is 563 g/mol. The normalized spacial score (nSPS) is 11.4. The summed E-state index contributed by atoms with van der Waals surface area (Å²) in [5.41, 5.74) is 0.668. The zero-order valence-corrected chi connectivity index (χ0v) is 24.9. The molecule has 0 aliphatic heterocycles. The molecule has 7 nitrogen and oxygen atoms in total. The van der Waals surface area contributed by atoms with E-state index in [9.17, 15) is 18.3 Å². The number of Topliss-reactive ketones (excluding diaryl/α,β-unsaturated/α-hetero) is 1. The minimum absolute atomic E-state index is 0.0571. The van der Waals surface area contributed by atoms with E-state index >= 15 is 0 Å². The third-order valence-corrected chi connectivity index (χ3v) is 8.13. The Morgan fingerprint density at radius 3 is 1.77 bits per heavy atom. The maximum Gasteiger partial charge on any atom is 0.339 e. The summed E-state index contributed by atoms with van der Waals surface area (Å²) < 4.78 is 42.1. The van der Waals surface area contributed by atoms with Crippen molar-refractivity contribution in [3.8, 4) is 23.0 Å². The zero-order valence-electron chi connectivity index (χ0n) is 24.1. The number of aromatic hydroxyl groups is 1. The lowest BCUT2D eigenvalue weighted by atomic mass is 10.0. The van der Waals surface area contributed by atoms with Crippen molar-refractivity contribution in [2.75, 3.05) is 14.2 Å². The van der Waals surface area contributed by atoms with Gasteiger partial charge in [-0.2, -0.15) is 8.42 Å². The van der Waals surface area contributed by atoms with E-state index in [0.717, 1.165) is 24.8 Å². The molecule has 39 heavy (non-hydrogen) atoms. The Kier molecular flexibility index (Phi) is 14.2. The molecule has 1 N–H and O–H groups in total. The van der Waals surface area contributed by atoms with E-state index in [-0.39, 0.29) is 34.1 Å². The molecule has 0 saturated heterocycles. The van der Waals surface area contributed by atoms with Gasteiger partial charge in [0, 0.05) is 12.5 Å². The van der Waals surface area contributed by atoms with Gasteiger partial charge in [0.05, 0.1) is 14.2 Å². The van der Waals surface area contributed by atoms with Crippen LogP contribution >= 0.6 is 0 Å². The molecular weight excluding hydrogens is 516 g/mol. The van der Waals surface area contributed by atoms with E-state index in [0.29, 0.717) is 6.42 Å². The van der Waals surface area contributed by atoms with Crippen LogP contribution in [-0.4, -0.2) is 33.5 Å². The van der Waals surface area contributed by atoms with Crippen molar-refractivity contribution < 1.29 is 32.0 Å². The summed E-state index contributed by atoms with van der Waals surface area (Å²) in [5.74, 6) is -1.21. The fourth-order valence-corrected chi connectivity index (χ4v) is 5.53. The molecule has 0 spiro atoms. The van der Waals surface area contributed by atoms with Gasteiger partial charge in [0.15, 0.2) is 11.5 Å². The summed E-state index contributed by atoms with van der Waals surface area (Å²) >= 11 is 0. The van der Waals surface area contributed by atoms with Crippen LogP contribution in [0, 0.1) is 6.92 Å². The van der Waals surface area contributed by atoms with Crippen molar-refractivity contribution in [2.24, 2.45) is 0 Å². The Morgan fingerprint density at radius 1 is 0.769 bits per heavy atom. The second kappa shape index (κ2) is 17.1. The molecule has 0 radical (unpaired) electrons. The summed E-state index contributed by atoms with van der Waals surface area (Å²) in [4.78, 5) is 13.1. The van der Waals surface area contributed by atoms with Gasteiger partial charge in [0.2, 0.25) is 11.5 Å². The van der Waals surface area contributed by atoms with E-state index in [2.05, 4.69) is 6.92 Å². The highest BCUT2D eigenvalue weighted by molar-refractivity contribution is 7.87. The van der Waals surface area contributed by atoms with Crippen LogP contribution in [0.5, 0.6) is 23.0 Å². The zero-order chi connectivity index (χ0) is 28.7. The average Bonchev–Trinajstić information content (AvgIpc) is 2.91. The number of aryl methyl sites for hydroxylation is 1. The van der Waals surface area contributed by atoms with Crippen LogP contribution in [0.3, 0.4) is 0 Å². The number of phenolic OH excluding ortho intramolecular Hbond substituents is 1. The highest BCUT2D eigenvalue weighted by atomic mass is 32.2. The second-order valence-corrected chi connectivity index (χ2v) is 11.6. The first-order chi connectivity index (χ1) is 18.7. The third-order valence-electron chi connectivity index (χ3n) is 6.89. The highest BCUT2D eigenvalue weighted by Gasteiger charge is 2.30. The summed E-state index contributed by atoms with van der Waals surface area (Å²) in [5, 5.41) is 10.7. The van der Waals surface area contributed by atoms with Crippen LogP contribution < -0.4 is 13.7 Å². The Morgan fingerprint density at radius 2 is 1.28 bits per heavy atom. The minimum Gasteiger partial charge on any atom is -0.507 e. The number of ether oxygens (including phenoxy) is 2. The SMILES string of the molecule is CCCCCCCCCCCCCCCC(=O)c1c(O)cc(OC)c(OC)c1OS(=O)(=O)c1ccc(C)cc1. The fourth-order valence-electron chi connectivity index (χ4n) is 4.59. The van der Waals surface area contributed by atoms with E-state index in [1.54, 1.807) is 12.1 Å². The number of ketones is 1. The van der Waals surface area contributed by atoms with Crippen molar-refractivity contribution in [3.05, 3.63) is 41.5 Å². The van der Waals surface area contributed by atoms with Gasteiger partial charge in [-0.05, 0) is 25.5 Å². The molecule has 218 valence electrons. The van der Waals surface area contributed by atoms with Gasteiger partial charge in [0.25, 0.3) is 0 Å². The first kappa shape index (κ1) is 32.5. The van der Waals surface area contributed by atoms with Crippen LogP contribution in [-0.2, 0) is 10.1 Å². The molecule has 2 aromatic rings. The topological polar surface area (TPSA) is 99.1 Å². The Labute approximate surface area is 235 Å². The first-order valence-corrected chi connectivity index (χ1v) is 15.7. The molecule has 0 aromatic heterocycles. The van der Waals surface area contributed by atoms with Crippen LogP contribution in [0.15, 0.2) is 35.2 Å². The van der Waals surface area contributed by atoms with Crippen molar-refractivity contribution in [3.63, 3.8) is 0 Å². The van der Waals surface area contributed by atoms with Crippen molar-refractivity contribution in [2.45, 2.75) is 109 Å². The predicted octanol–water partition coefficient (Wildman–Crippen LogP) is 8.15. The van der Waals surface area contributed by atoms with E-state index in [1.165, 1.54) is 90.2 Å². The minimum atomic E-state index is -4.31.